The lowest BCUT2D eigenvalue weighted by Gasteiger charge is -2.12. The maximum atomic E-state index is 11.7. The maximum absolute atomic E-state index is 11.7. The Bertz CT molecular complexity index is 438. The Morgan fingerprint density at radius 2 is 1.89 bits per heavy atom. The fourth-order valence-corrected chi connectivity index (χ4v) is 1.96. The van der Waals surface area contributed by atoms with Crippen LogP contribution in [0.4, 0.5) is 11.4 Å². The number of nitrogens with one attached hydrogen (secondary N) is 2. The van der Waals surface area contributed by atoms with Gasteiger partial charge in [-0.15, -0.1) is 11.8 Å². The largest absolute Gasteiger partial charge is 0.481 e. The van der Waals surface area contributed by atoms with E-state index in [2.05, 4.69) is 17.6 Å². The molecule has 0 spiro atoms. The molecule has 0 heterocycles. The third-order valence-corrected chi connectivity index (χ3v) is 3.14. The molecule has 19 heavy (non-hydrogen) atoms. The first-order valence-corrected chi connectivity index (χ1v) is 7.21. The Labute approximate surface area is 116 Å². The van der Waals surface area contributed by atoms with E-state index >= 15 is 0 Å². The van der Waals surface area contributed by atoms with Gasteiger partial charge in [-0.3, -0.25) is 9.59 Å². The molecule has 1 amide bonds. The summed E-state index contributed by atoms with van der Waals surface area (Å²) in [6.45, 7) is 2.90. The molecule has 0 aliphatic carbocycles. The molecule has 0 saturated heterocycles. The predicted molar refractivity (Wildman–Crippen MR) is 78.8 cm³/mol. The summed E-state index contributed by atoms with van der Waals surface area (Å²) in [5.41, 5.74) is 1.60. The van der Waals surface area contributed by atoms with Crippen LogP contribution in [-0.2, 0) is 9.59 Å². The van der Waals surface area contributed by atoms with Crippen molar-refractivity contribution < 1.29 is 14.7 Å². The number of thioether (sulfide) groups is 1. The number of amides is 1. The normalized spacial score (nSPS) is 9.95. The molecule has 0 fully saturated rings. The van der Waals surface area contributed by atoms with Crippen molar-refractivity contribution in [2.75, 3.05) is 28.7 Å². The van der Waals surface area contributed by atoms with Crippen LogP contribution in [0.25, 0.3) is 0 Å². The summed E-state index contributed by atoms with van der Waals surface area (Å²) in [4.78, 5) is 22.0. The van der Waals surface area contributed by atoms with E-state index in [0.29, 0.717) is 0 Å². The van der Waals surface area contributed by atoms with Gasteiger partial charge < -0.3 is 15.7 Å². The molecule has 0 atom stereocenters. The number of benzene rings is 1. The van der Waals surface area contributed by atoms with Gasteiger partial charge in [-0.05, 0) is 18.6 Å². The fourth-order valence-electron chi connectivity index (χ4n) is 1.42. The monoisotopic (exact) mass is 282 g/mol. The lowest BCUT2D eigenvalue weighted by atomic mass is 10.2. The molecule has 0 bridgehead atoms. The average molecular weight is 282 g/mol. The van der Waals surface area contributed by atoms with Crippen molar-refractivity contribution >= 4 is 35.0 Å². The molecule has 104 valence electrons. The van der Waals surface area contributed by atoms with Crippen LogP contribution in [0, 0.1) is 0 Å². The van der Waals surface area contributed by atoms with E-state index in [1.54, 1.807) is 0 Å². The van der Waals surface area contributed by atoms with E-state index in [1.165, 1.54) is 0 Å². The van der Waals surface area contributed by atoms with Crippen molar-refractivity contribution in [3.05, 3.63) is 24.3 Å². The first-order valence-electron chi connectivity index (χ1n) is 6.05. The van der Waals surface area contributed by atoms with E-state index < -0.39 is 5.97 Å². The Hall–Kier alpha value is -1.69. The van der Waals surface area contributed by atoms with Crippen molar-refractivity contribution in [3.63, 3.8) is 0 Å². The molecule has 0 radical (unpaired) electrons. The number of carboxylic acid groups (broad SMARTS) is 1. The quantitative estimate of drug-likeness (QED) is 0.681. The number of anilines is 2. The van der Waals surface area contributed by atoms with Gasteiger partial charge in [-0.25, -0.2) is 0 Å². The molecule has 5 nitrogen and oxygen atoms in total. The minimum atomic E-state index is -0.914. The molecule has 0 aromatic heterocycles. The molecule has 0 saturated carbocycles. The van der Waals surface area contributed by atoms with E-state index in [-0.39, 0.29) is 17.4 Å². The van der Waals surface area contributed by atoms with Gasteiger partial charge in [0.25, 0.3) is 0 Å². The van der Waals surface area contributed by atoms with Crippen LogP contribution >= 0.6 is 11.8 Å². The van der Waals surface area contributed by atoms with Gasteiger partial charge >= 0.3 is 5.97 Å². The van der Waals surface area contributed by atoms with Gasteiger partial charge in [0.05, 0.1) is 22.9 Å². The van der Waals surface area contributed by atoms with Crippen molar-refractivity contribution in [3.8, 4) is 0 Å². The van der Waals surface area contributed by atoms with E-state index in [4.69, 9.17) is 5.11 Å². The van der Waals surface area contributed by atoms with E-state index in [9.17, 15) is 9.59 Å². The summed E-state index contributed by atoms with van der Waals surface area (Å²) in [6.07, 6.45) is 0.997. The van der Waals surface area contributed by atoms with Crippen LogP contribution in [-0.4, -0.2) is 35.0 Å². The van der Waals surface area contributed by atoms with Crippen molar-refractivity contribution in [1.29, 1.82) is 0 Å². The van der Waals surface area contributed by atoms with Crippen LogP contribution in [0.3, 0.4) is 0 Å². The Morgan fingerprint density at radius 3 is 2.53 bits per heavy atom. The van der Waals surface area contributed by atoms with Crippen molar-refractivity contribution in [1.82, 2.24) is 0 Å². The second kappa shape index (κ2) is 8.42. The number of carbonyl (C=O) groups is 2. The summed E-state index contributed by atoms with van der Waals surface area (Å²) in [7, 11) is 0. The molecule has 0 aliphatic heterocycles. The summed E-state index contributed by atoms with van der Waals surface area (Å²) >= 11 is 1.08. The zero-order chi connectivity index (χ0) is 14.1. The smallest absolute Gasteiger partial charge is 0.313 e. The summed E-state index contributed by atoms with van der Waals surface area (Å²) in [5, 5.41) is 14.5. The zero-order valence-electron chi connectivity index (χ0n) is 10.8. The van der Waals surface area contributed by atoms with E-state index in [1.807, 2.05) is 24.3 Å². The number of carboxylic acids is 1. The summed E-state index contributed by atoms with van der Waals surface area (Å²) < 4.78 is 0. The number of para-hydroxylation sites is 2. The number of rotatable bonds is 8. The zero-order valence-corrected chi connectivity index (χ0v) is 11.6. The minimum absolute atomic E-state index is 0.0663. The van der Waals surface area contributed by atoms with Gasteiger partial charge in [0.15, 0.2) is 0 Å². The highest BCUT2D eigenvalue weighted by Crippen LogP contribution is 2.21. The lowest BCUT2D eigenvalue weighted by molar-refractivity contribution is -0.133. The molecule has 0 aliphatic rings. The van der Waals surface area contributed by atoms with Crippen LogP contribution in [0.5, 0.6) is 0 Å². The van der Waals surface area contributed by atoms with E-state index in [0.717, 1.165) is 36.1 Å². The summed E-state index contributed by atoms with van der Waals surface area (Å²) in [6, 6.07) is 7.46. The number of hydrogen-bond donors (Lipinski definition) is 3. The van der Waals surface area contributed by atoms with Crippen LogP contribution in [0.15, 0.2) is 24.3 Å². The second-order valence-electron chi connectivity index (χ2n) is 3.91. The van der Waals surface area contributed by atoms with Crippen LogP contribution < -0.4 is 10.6 Å². The standard InChI is InChI=1S/C13H18N2O3S/c1-2-7-14-10-5-3-4-6-11(10)15-12(16)8-19-9-13(17)18/h3-6,14H,2,7-9H2,1H3,(H,15,16)(H,17,18). The summed E-state index contributed by atoms with van der Waals surface area (Å²) in [5.74, 6) is -1.04. The third kappa shape index (κ3) is 6.15. The highest BCUT2D eigenvalue weighted by atomic mass is 32.2. The molecule has 1 aromatic carbocycles. The number of carbonyl (C=O) groups excluding carboxylic acids is 1. The number of aliphatic carboxylic acids is 1. The average Bonchev–Trinajstić information content (AvgIpc) is 2.37. The highest BCUT2D eigenvalue weighted by Gasteiger charge is 2.07. The Kier molecular flexibility index (Phi) is 6.81. The first-order chi connectivity index (χ1) is 9.13. The van der Waals surface area contributed by atoms with Gasteiger partial charge in [0, 0.05) is 6.54 Å². The number of hydrogen-bond acceptors (Lipinski definition) is 4. The van der Waals surface area contributed by atoms with Crippen molar-refractivity contribution in [2.24, 2.45) is 0 Å². The molecule has 1 rings (SSSR count). The van der Waals surface area contributed by atoms with Gasteiger partial charge in [0.1, 0.15) is 0 Å². The molecular formula is C13H18N2O3S. The van der Waals surface area contributed by atoms with Gasteiger partial charge in [-0.1, -0.05) is 19.1 Å². The minimum Gasteiger partial charge on any atom is -0.481 e. The predicted octanol–water partition coefficient (Wildman–Crippen LogP) is 2.26. The Morgan fingerprint density at radius 1 is 1.21 bits per heavy atom. The fraction of sp³-hybridized carbons (Fsp3) is 0.385. The lowest BCUT2D eigenvalue weighted by Crippen LogP contribution is -2.16. The maximum Gasteiger partial charge on any atom is 0.313 e. The van der Waals surface area contributed by atoms with Crippen LogP contribution in [0.2, 0.25) is 0 Å². The SMILES string of the molecule is CCCNc1ccccc1NC(=O)CSCC(=O)O. The first kappa shape index (κ1) is 15.4. The molecule has 6 heteroatoms. The molecular weight excluding hydrogens is 264 g/mol. The Balaban J connectivity index is 2.51. The van der Waals surface area contributed by atoms with Gasteiger partial charge in [-0.2, -0.15) is 0 Å². The second-order valence-corrected chi connectivity index (χ2v) is 4.89. The third-order valence-electron chi connectivity index (χ3n) is 2.23. The molecule has 0 unspecified atom stereocenters. The highest BCUT2D eigenvalue weighted by molar-refractivity contribution is 8.00. The topological polar surface area (TPSA) is 78.4 Å². The van der Waals surface area contributed by atoms with Crippen LogP contribution in [0.1, 0.15) is 13.3 Å². The van der Waals surface area contributed by atoms with Gasteiger partial charge in [0.2, 0.25) is 5.91 Å². The molecule has 3 N–H and O–H groups in total. The molecule has 1 aromatic rings. The van der Waals surface area contributed by atoms with Crippen molar-refractivity contribution in [2.45, 2.75) is 13.3 Å².